The van der Waals surface area contributed by atoms with E-state index in [0.717, 1.165) is 109 Å². The fourth-order valence-electron chi connectivity index (χ4n) is 7.46. The van der Waals surface area contributed by atoms with Gasteiger partial charge < -0.3 is 20.9 Å². The van der Waals surface area contributed by atoms with Crippen molar-refractivity contribution >= 4 is 17.8 Å². The average molecular weight is 865 g/mol. The number of nitrogens with one attached hydrogen (secondary N) is 1. The van der Waals surface area contributed by atoms with Gasteiger partial charge in [-0.05, 0) is 109 Å². The molecular weight excluding hydrogens is 769 g/mol. The summed E-state index contributed by atoms with van der Waals surface area (Å²) in [6, 6.07) is -0.863. The Morgan fingerprint density at radius 1 is 0.484 bits per heavy atom. The molecule has 0 heterocycles. The largest absolute Gasteiger partial charge is 0.480 e. The number of esters is 1. The number of aliphatic carboxylic acids is 1. The van der Waals surface area contributed by atoms with E-state index in [4.69, 9.17) is 10.5 Å². The molecular formula is C55H96N2O5. The average Bonchev–Trinajstić information content (AvgIpc) is 3.26. The van der Waals surface area contributed by atoms with Crippen LogP contribution in [0.2, 0.25) is 0 Å². The van der Waals surface area contributed by atoms with Crippen LogP contribution >= 0.6 is 0 Å². The highest BCUT2D eigenvalue weighted by Crippen LogP contribution is 2.19. The molecule has 0 bridgehead atoms. The smallest absolute Gasteiger partial charge is 0.326 e. The second-order valence-electron chi connectivity index (χ2n) is 17.2. The van der Waals surface area contributed by atoms with Crippen LogP contribution in [0.4, 0.5) is 0 Å². The van der Waals surface area contributed by atoms with Gasteiger partial charge >= 0.3 is 11.9 Å². The molecule has 356 valence electrons. The predicted molar refractivity (Wildman–Crippen MR) is 266 cm³/mol. The van der Waals surface area contributed by atoms with Crippen LogP contribution in [-0.4, -0.2) is 41.6 Å². The van der Waals surface area contributed by atoms with Gasteiger partial charge in [-0.1, -0.05) is 196 Å². The van der Waals surface area contributed by atoms with Crippen molar-refractivity contribution in [1.82, 2.24) is 5.32 Å². The van der Waals surface area contributed by atoms with Crippen molar-refractivity contribution in [2.75, 3.05) is 6.54 Å². The van der Waals surface area contributed by atoms with Crippen LogP contribution < -0.4 is 11.1 Å². The highest BCUT2D eigenvalue weighted by Gasteiger charge is 2.19. The lowest BCUT2D eigenvalue weighted by atomic mass is 10.0. The Kier molecular flexibility index (Phi) is 46.3. The Bertz CT molecular complexity index is 1200. The first-order valence-electron chi connectivity index (χ1n) is 25.8. The molecule has 0 saturated carbocycles. The van der Waals surface area contributed by atoms with Gasteiger partial charge in [-0.3, -0.25) is 9.59 Å². The number of hydrogen-bond donors (Lipinski definition) is 3. The molecule has 0 saturated heterocycles. The summed E-state index contributed by atoms with van der Waals surface area (Å²) in [7, 11) is 0. The Morgan fingerprint density at radius 2 is 0.887 bits per heavy atom. The first-order valence-corrected chi connectivity index (χ1v) is 25.8. The minimum atomic E-state index is -1.01. The fraction of sp³-hybridized carbons (Fsp3) is 0.727. The number of amides is 1. The summed E-state index contributed by atoms with van der Waals surface area (Å²) in [6.07, 6.45) is 63.8. The maximum atomic E-state index is 12.9. The highest BCUT2D eigenvalue weighted by atomic mass is 16.5. The van der Waals surface area contributed by atoms with E-state index in [2.05, 4.69) is 92.1 Å². The van der Waals surface area contributed by atoms with E-state index in [1.54, 1.807) is 0 Å². The fourth-order valence-corrected chi connectivity index (χ4v) is 7.46. The monoisotopic (exact) mass is 865 g/mol. The summed E-state index contributed by atoms with van der Waals surface area (Å²) in [5.74, 6) is -1.27. The maximum absolute atomic E-state index is 12.9. The van der Waals surface area contributed by atoms with E-state index >= 15 is 0 Å². The van der Waals surface area contributed by atoms with Gasteiger partial charge in [0.15, 0.2) is 0 Å². The molecule has 0 aromatic rings. The molecule has 0 fully saturated rings. The van der Waals surface area contributed by atoms with Gasteiger partial charge in [0.25, 0.3) is 0 Å². The normalized spacial score (nSPS) is 13.2. The van der Waals surface area contributed by atoms with Gasteiger partial charge in [0, 0.05) is 12.8 Å². The van der Waals surface area contributed by atoms with Crippen LogP contribution in [0, 0.1) is 0 Å². The second kappa shape index (κ2) is 48.8. The summed E-state index contributed by atoms with van der Waals surface area (Å²) in [5.41, 5.74) is 5.50. The molecule has 0 aliphatic rings. The molecule has 1 amide bonds. The summed E-state index contributed by atoms with van der Waals surface area (Å²) in [4.78, 5) is 36.6. The third-order valence-electron chi connectivity index (χ3n) is 11.3. The van der Waals surface area contributed by atoms with Crippen LogP contribution in [0.25, 0.3) is 0 Å². The Hall–Kier alpha value is -3.19. The number of allylic oxidation sites excluding steroid dienone is 12. The third-order valence-corrected chi connectivity index (χ3v) is 11.3. The van der Waals surface area contributed by atoms with Crippen LogP contribution in [-0.2, 0) is 19.1 Å². The summed E-state index contributed by atoms with van der Waals surface area (Å²) in [6.45, 7) is 4.84. The SMILES string of the molecule is CC/C=C\C/C=C\C/C=C\C/C=C\C/C=C\C/C=C\CCCCC(=O)OC(CCCCCCCCCCCCCCCCC)CCCCCCCC(=O)NC(CCCN)C(=O)O. The molecule has 0 aromatic heterocycles. The van der Waals surface area contributed by atoms with E-state index in [1.165, 1.54) is 89.9 Å². The van der Waals surface area contributed by atoms with Crippen molar-refractivity contribution in [2.24, 2.45) is 5.73 Å². The number of carboxylic acids is 1. The molecule has 0 aliphatic heterocycles. The van der Waals surface area contributed by atoms with Crippen LogP contribution in [0.1, 0.15) is 239 Å². The molecule has 4 N–H and O–H groups in total. The van der Waals surface area contributed by atoms with E-state index in [9.17, 15) is 19.5 Å². The molecule has 62 heavy (non-hydrogen) atoms. The lowest BCUT2D eigenvalue weighted by Gasteiger charge is -2.18. The van der Waals surface area contributed by atoms with Crippen molar-refractivity contribution in [3.05, 3.63) is 72.9 Å². The molecule has 7 nitrogen and oxygen atoms in total. The molecule has 2 atom stereocenters. The highest BCUT2D eigenvalue weighted by molar-refractivity contribution is 5.83. The first kappa shape index (κ1) is 58.8. The standard InChI is InChI=1S/C55H96N2O5/c1-3-5-7-9-11-13-15-17-19-20-21-22-23-24-26-28-30-32-34-39-43-49-54(59)62-51(45-40-36-33-31-29-27-25-18-16-14-12-10-8-6-4-2)46-41-37-35-38-42-48-53(58)57-52(55(60)61)47-44-50-56/h5,7,11,13,17,19,21-22,24,26,30,32,51-52H,3-4,6,8-10,12,14-16,18,20,23,25,27-29,31,33-50,56H2,1-2H3,(H,57,58)(H,60,61)/b7-5-,13-11-,19-17-,22-21-,26-24-,32-30-. The van der Waals surface area contributed by atoms with Gasteiger partial charge in [0.2, 0.25) is 5.91 Å². The Balaban J connectivity index is 4.39. The maximum Gasteiger partial charge on any atom is 0.326 e. The van der Waals surface area contributed by atoms with Crippen molar-refractivity contribution in [3.8, 4) is 0 Å². The zero-order valence-corrected chi connectivity index (χ0v) is 40.2. The second-order valence-corrected chi connectivity index (χ2v) is 17.2. The van der Waals surface area contributed by atoms with E-state index in [1.807, 2.05) is 0 Å². The topological polar surface area (TPSA) is 119 Å². The van der Waals surface area contributed by atoms with E-state index in [0.29, 0.717) is 32.2 Å². The number of rotatable bonds is 46. The van der Waals surface area contributed by atoms with Crippen LogP contribution in [0.5, 0.6) is 0 Å². The molecule has 0 aliphatic carbocycles. The zero-order valence-electron chi connectivity index (χ0n) is 40.2. The predicted octanol–water partition coefficient (Wildman–Crippen LogP) is 15.5. The number of carbonyl (C=O) groups excluding carboxylic acids is 2. The number of hydrogen-bond acceptors (Lipinski definition) is 5. The minimum Gasteiger partial charge on any atom is -0.480 e. The van der Waals surface area contributed by atoms with Gasteiger partial charge in [0.1, 0.15) is 12.1 Å². The van der Waals surface area contributed by atoms with Crippen molar-refractivity contribution in [2.45, 2.75) is 251 Å². The molecule has 7 heteroatoms. The van der Waals surface area contributed by atoms with Gasteiger partial charge in [-0.15, -0.1) is 0 Å². The number of ether oxygens (including phenoxy) is 1. The lowest BCUT2D eigenvalue weighted by Crippen LogP contribution is -2.40. The molecule has 2 unspecified atom stereocenters. The minimum absolute atomic E-state index is 0.0138. The summed E-state index contributed by atoms with van der Waals surface area (Å²) >= 11 is 0. The summed E-state index contributed by atoms with van der Waals surface area (Å²) in [5, 5.41) is 12.0. The third kappa shape index (κ3) is 44.9. The number of carbonyl (C=O) groups is 3. The zero-order chi connectivity index (χ0) is 45.2. The van der Waals surface area contributed by atoms with Crippen LogP contribution in [0.3, 0.4) is 0 Å². The Labute approximate surface area is 382 Å². The van der Waals surface area contributed by atoms with Crippen LogP contribution in [0.15, 0.2) is 72.9 Å². The van der Waals surface area contributed by atoms with E-state index in [-0.39, 0.29) is 18.0 Å². The van der Waals surface area contributed by atoms with E-state index < -0.39 is 12.0 Å². The van der Waals surface area contributed by atoms with Gasteiger partial charge in [-0.25, -0.2) is 4.79 Å². The number of unbranched alkanes of at least 4 members (excludes halogenated alkanes) is 20. The van der Waals surface area contributed by atoms with Crippen molar-refractivity contribution < 1.29 is 24.2 Å². The van der Waals surface area contributed by atoms with Crippen molar-refractivity contribution in [1.29, 1.82) is 0 Å². The Morgan fingerprint density at radius 3 is 1.32 bits per heavy atom. The first-order chi connectivity index (χ1) is 30.4. The van der Waals surface area contributed by atoms with Gasteiger partial charge in [0.05, 0.1) is 0 Å². The molecule has 0 aromatic carbocycles. The lowest BCUT2D eigenvalue weighted by molar-refractivity contribution is -0.150. The molecule has 0 spiro atoms. The summed E-state index contributed by atoms with van der Waals surface area (Å²) < 4.78 is 6.07. The van der Waals surface area contributed by atoms with Gasteiger partial charge in [-0.2, -0.15) is 0 Å². The molecule has 0 rings (SSSR count). The molecule has 0 radical (unpaired) electrons. The number of nitrogens with two attached hydrogens (primary N) is 1. The number of carboxylic acid groups (broad SMARTS) is 1. The van der Waals surface area contributed by atoms with Crippen molar-refractivity contribution in [3.63, 3.8) is 0 Å². The quantitative estimate of drug-likeness (QED) is 0.0319.